The van der Waals surface area contributed by atoms with Gasteiger partial charge >= 0.3 is 12.4 Å². The molecule has 2 N–H and O–H groups in total. The molecule has 11 heteroatoms. The first kappa shape index (κ1) is 22.2. The molecule has 2 aliphatic heterocycles. The van der Waals surface area contributed by atoms with E-state index in [-0.39, 0.29) is 23.3 Å². The molecule has 0 radical (unpaired) electrons. The van der Waals surface area contributed by atoms with Crippen LogP contribution in [0.3, 0.4) is 0 Å². The maximum absolute atomic E-state index is 12.8. The van der Waals surface area contributed by atoms with E-state index in [0.29, 0.717) is 37.9 Å². The van der Waals surface area contributed by atoms with Crippen molar-refractivity contribution in [2.75, 3.05) is 13.1 Å². The van der Waals surface area contributed by atoms with Crippen molar-refractivity contribution < 1.29 is 27.5 Å². The van der Waals surface area contributed by atoms with Gasteiger partial charge in [-0.3, -0.25) is 15.1 Å². The van der Waals surface area contributed by atoms with Crippen LogP contribution in [-0.4, -0.2) is 53.1 Å². The molecule has 2 aliphatic rings. The van der Waals surface area contributed by atoms with Gasteiger partial charge in [-0.25, -0.2) is 4.79 Å². The Bertz CT molecular complexity index is 828. The highest BCUT2D eigenvalue weighted by atomic mass is 35.5. The second kappa shape index (κ2) is 9.11. The van der Waals surface area contributed by atoms with E-state index in [4.69, 9.17) is 17.0 Å². The van der Waals surface area contributed by atoms with Crippen LogP contribution in [0, 0.1) is 5.41 Å². The second-order valence-electron chi connectivity index (χ2n) is 7.23. The summed E-state index contributed by atoms with van der Waals surface area (Å²) in [6.07, 6.45) is -1.46. The van der Waals surface area contributed by atoms with Crippen molar-refractivity contribution >= 4 is 29.4 Å². The Morgan fingerprint density at radius 2 is 1.93 bits per heavy atom. The van der Waals surface area contributed by atoms with Crippen molar-refractivity contribution in [1.29, 1.82) is 5.41 Å². The summed E-state index contributed by atoms with van der Waals surface area (Å²) in [6.45, 7) is 1.28. The smallest absolute Gasteiger partial charge is 0.404 e. The van der Waals surface area contributed by atoms with Crippen LogP contribution in [0.1, 0.15) is 37.7 Å². The standard InChI is InChI=1S/C19H22ClF3N4O3/c20-13-10-12(6-7-15(13)30-19(21,22)23)11-25-18(29)27-14(4-3-5-16(27)24)17(28)26-8-1-2-9-26/h6-7,10,14,24H,1-5,8-9,11H2,(H,25,29). The first-order chi connectivity index (χ1) is 14.2. The number of nitrogens with one attached hydrogen (secondary N) is 2. The van der Waals surface area contributed by atoms with Crippen LogP contribution in [0.25, 0.3) is 0 Å². The number of carbonyl (C=O) groups excluding carboxylic acids is 2. The summed E-state index contributed by atoms with van der Waals surface area (Å²) < 4.78 is 40.8. The second-order valence-corrected chi connectivity index (χ2v) is 7.64. The van der Waals surface area contributed by atoms with E-state index in [2.05, 4.69) is 10.1 Å². The predicted octanol–water partition coefficient (Wildman–Crippen LogP) is 3.90. The number of urea groups is 1. The van der Waals surface area contributed by atoms with Crippen LogP contribution >= 0.6 is 11.6 Å². The highest BCUT2D eigenvalue weighted by Gasteiger charge is 2.38. The van der Waals surface area contributed by atoms with Gasteiger partial charge in [0.15, 0.2) is 0 Å². The van der Waals surface area contributed by atoms with Gasteiger partial charge in [0.05, 0.1) is 5.02 Å². The Morgan fingerprint density at radius 1 is 1.23 bits per heavy atom. The van der Waals surface area contributed by atoms with Crippen LogP contribution in [0.2, 0.25) is 5.02 Å². The lowest BCUT2D eigenvalue weighted by atomic mass is 10.0. The van der Waals surface area contributed by atoms with E-state index in [1.807, 2.05) is 0 Å². The van der Waals surface area contributed by atoms with Gasteiger partial charge in [-0.2, -0.15) is 0 Å². The van der Waals surface area contributed by atoms with E-state index < -0.39 is 24.2 Å². The molecule has 1 atom stereocenters. The first-order valence-corrected chi connectivity index (χ1v) is 10.0. The molecule has 7 nitrogen and oxygen atoms in total. The Morgan fingerprint density at radius 3 is 2.57 bits per heavy atom. The van der Waals surface area contributed by atoms with Crippen LogP contribution in [-0.2, 0) is 11.3 Å². The summed E-state index contributed by atoms with van der Waals surface area (Å²) >= 11 is 5.83. The molecule has 1 aromatic carbocycles. The first-order valence-electron chi connectivity index (χ1n) is 9.63. The van der Waals surface area contributed by atoms with E-state index in [9.17, 15) is 22.8 Å². The molecule has 0 spiro atoms. The number of nitrogens with zero attached hydrogens (tertiary/aromatic N) is 2. The topological polar surface area (TPSA) is 85.7 Å². The molecule has 1 aromatic rings. The van der Waals surface area contributed by atoms with E-state index in [1.54, 1.807) is 4.90 Å². The molecule has 1 unspecified atom stereocenters. The number of ether oxygens (including phenoxy) is 1. The minimum atomic E-state index is -4.86. The average molecular weight is 447 g/mol. The zero-order valence-corrected chi connectivity index (χ0v) is 16.9. The molecule has 164 valence electrons. The third kappa shape index (κ3) is 5.35. The molecule has 0 aromatic heterocycles. The van der Waals surface area contributed by atoms with E-state index >= 15 is 0 Å². The van der Waals surface area contributed by atoms with Crippen molar-refractivity contribution in [3.8, 4) is 5.75 Å². The highest BCUT2D eigenvalue weighted by Crippen LogP contribution is 2.31. The Kier molecular flexibility index (Phi) is 6.74. The summed E-state index contributed by atoms with van der Waals surface area (Å²) in [6, 6.07) is 2.37. The molecule has 2 fully saturated rings. The van der Waals surface area contributed by atoms with Gasteiger partial charge in [0.2, 0.25) is 5.91 Å². The lowest BCUT2D eigenvalue weighted by Crippen LogP contribution is -2.57. The third-order valence-corrected chi connectivity index (χ3v) is 5.38. The lowest BCUT2D eigenvalue weighted by molar-refractivity contribution is -0.274. The van der Waals surface area contributed by atoms with Crippen LogP contribution in [0.4, 0.5) is 18.0 Å². The summed E-state index contributed by atoms with van der Waals surface area (Å²) in [7, 11) is 0. The normalized spacial score (nSPS) is 19.7. The predicted molar refractivity (Wildman–Crippen MR) is 103 cm³/mol. The Balaban J connectivity index is 1.65. The molecule has 0 bridgehead atoms. The third-order valence-electron chi connectivity index (χ3n) is 5.08. The molecule has 0 saturated carbocycles. The zero-order chi connectivity index (χ0) is 21.9. The maximum Gasteiger partial charge on any atom is 0.573 e. The number of amides is 3. The Hall–Kier alpha value is -2.49. The van der Waals surface area contributed by atoms with Crippen LogP contribution in [0.15, 0.2) is 18.2 Å². The number of rotatable bonds is 4. The maximum atomic E-state index is 12.8. The zero-order valence-electron chi connectivity index (χ0n) is 16.1. The van der Waals surface area contributed by atoms with Crippen molar-refractivity contribution in [2.24, 2.45) is 0 Å². The summed E-state index contributed by atoms with van der Waals surface area (Å²) in [5.74, 6) is -0.611. The minimum absolute atomic E-state index is 0.0285. The van der Waals surface area contributed by atoms with Crippen LogP contribution < -0.4 is 10.1 Å². The molecule has 3 amide bonds. The molecule has 30 heavy (non-hydrogen) atoms. The lowest BCUT2D eigenvalue weighted by Gasteiger charge is -2.36. The number of hydrogen-bond donors (Lipinski definition) is 2. The van der Waals surface area contributed by atoms with E-state index in [1.165, 1.54) is 17.0 Å². The number of halogens is 4. The highest BCUT2D eigenvalue weighted by molar-refractivity contribution is 6.32. The van der Waals surface area contributed by atoms with Gasteiger partial charge < -0.3 is 15.0 Å². The van der Waals surface area contributed by atoms with Gasteiger partial charge in [0.1, 0.15) is 17.6 Å². The van der Waals surface area contributed by atoms with Gasteiger partial charge in [0.25, 0.3) is 0 Å². The fraction of sp³-hybridized carbons (Fsp3) is 0.526. The van der Waals surface area contributed by atoms with Crippen LogP contribution in [0.5, 0.6) is 5.75 Å². The summed E-state index contributed by atoms with van der Waals surface area (Å²) in [4.78, 5) is 28.5. The number of likely N-dealkylation sites (tertiary alicyclic amines) is 2. The summed E-state index contributed by atoms with van der Waals surface area (Å²) in [5.41, 5.74) is 0.453. The Labute approximate surface area is 176 Å². The molecular formula is C19H22ClF3N4O3. The van der Waals surface area contributed by atoms with Gasteiger partial charge in [-0.15, -0.1) is 13.2 Å². The fourth-order valence-corrected chi connectivity index (χ4v) is 3.91. The SMILES string of the molecule is N=C1CCCC(C(=O)N2CCCC2)N1C(=O)NCc1ccc(OC(F)(F)F)c(Cl)c1. The molecule has 3 rings (SSSR count). The fourth-order valence-electron chi connectivity index (χ4n) is 3.67. The van der Waals surface area contributed by atoms with Gasteiger partial charge in [-0.1, -0.05) is 17.7 Å². The number of piperidine rings is 1. The van der Waals surface area contributed by atoms with Crippen molar-refractivity contribution in [3.05, 3.63) is 28.8 Å². The molecule has 0 aliphatic carbocycles. The summed E-state index contributed by atoms with van der Waals surface area (Å²) in [5, 5.41) is 10.5. The minimum Gasteiger partial charge on any atom is -0.404 e. The van der Waals surface area contributed by atoms with Gasteiger partial charge in [-0.05, 0) is 43.4 Å². The van der Waals surface area contributed by atoms with Crippen molar-refractivity contribution in [2.45, 2.75) is 51.1 Å². The number of amidine groups is 1. The number of carbonyl (C=O) groups is 2. The number of alkyl halides is 3. The van der Waals surface area contributed by atoms with Crippen molar-refractivity contribution in [1.82, 2.24) is 15.1 Å². The van der Waals surface area contributed by atoms with Crippen molar-refractivity contribution in [3.63, 3.8) is 0 Å². The number of hydrogen-bond acceptors (Lipinski definition) is 4. The molecular weight excluding hydrogens is 425 g/mol. The molecule has 2 heterocycles. The quantitative estimate of drug-likeness (QED) is 0.735. The average Bonchev–Trinajstić information content (AvgIpc) is 3.21. The van der Waals surface area contributed by atoms with E-state index in [0.717, 1.165) is 18.9 Å². The number of benzene rings is 1. The largest absolute Gasteiger partial charge is 0.573 e. The molecule has 2 saturated heterocycles. The van der Waals surface area contributed by atoms with Gasteiger partial charge in [0, 0.05) is 26.1 Å². The monoisotopic (exact) mass is 446 g/mol.